The van der Waals surface area contributed by atoms with Crippen LogP contribution in [0.4, 0.5) is 8.78 Å². The lowest BCUT2D eigenvalue weighted by Gasteiger charge is -2.38. The van der Waals surface area contributed by atoms with Crippen LogP contribution in [0, 0.1) is 29.4 Å². The summed E-state index contributed by atoms with van der Waals surface area (Å²) in [6.07, 6.45) is 8.76. The van der Waals surface area contributed by atoms with Gasteiger partial charge in [0, 0.05) is 6.92 Å². The van der Waals surface area contributed by atoms with Gasteiger partial charge in [0.25, 0.3) is 0 Å². The average molecular weight is 407 g/mol. The van der Waals surface area contributed by atoms with E-state index in [9.17, 15) is 13.6 Å². The molecule has 2 nitrogen and oxygen atoms in total. The summed E-state index contributed by atoms with van der Waals surface area (Å²) < 4.78 is 34.6. The molecule has 0 unspecified atom stereocenters. The first-order valence-electron chi connectivity index (χ1n) is 11.3. The molecule has 0 radical (unpaired) electrons. The largest absolute Gasteiger partial charge is 0.466 e. The molecule has 2 aliphatic rings. The minimum atomic E-state index is -0.664. The van der Waals surface area contributed by atoms with Crippen LogP contribution in [0.3, 0.4) is 0 Å². The second-order valence-electron chi connectivity index (χ2n) is 10.3. The van der Waals surface area contributed by atoms with Gasteiger partial charge in [0.1, 0.15) is 0 Å². The monoisotopic (exact) mass is 406 g/mol. The number of esters is 1. The average Bonchev–Trinajstić information content (AvgIpc) is 2.68. The third-order valence-electron chi connectivity index (χ3n) is 7.21. The van der Waals surface area contributed by atoms with Crippen LogP contribution in [-0.2, 0) is 14.9 Å². The van der Waals surface area contributed by atoms with Gasteiger partial charge in [-0.1, -0.05) is 32.9 Å². The Hall–Kier alpha value is -1.45. The number of hydrogen-bond donors (Lipinski definition) is 0. The summed E-state index contributed by atoms with van der Waals surface area (Å²) >= 11 is 0. The molecule has 0 amide bonds. The fraction of sp³-hybridized carbons (Fsp3) is 0.720. The summed E-state index contributed by atoms with van der Waals surface area (Å²) in [5.41, 5.74) is 0.632. The first-order valence-corrected chi connectivity index (χ1v) is 11.3. The highest BCUT2D eigenvalue weighted by atomic mass is 19.2. The van der Waals surface area contributed by atoms with Gasteiger partial charge in [-0.3, -0.25) is 4.79 Å². The summed E-state index contributed by atoms with van der Waals surface area (Å²) in [7, 11) is 0. The van der Waals surface area contributed by atoms with Crippen molar-refractivity contribution in [2.75, 3.05) is 6.61 Å². The topological polar surface area (TPSA) is 26.3 Å². The molecule has 2 aliphatic carbocycles. The maximum atomic E-state index is 14.8. The van der Waals surface area contributed by atoms with Crippen LogP contribution in [0.15, 0.2) is 12.1 Å². The highest BCUT2D eigenvalue weighted by molar-refractivity contribution is 5.65. The molecule has 29 heavy (non-hydrogen) atoms. The maximum absolute atomic E-state index is 14.8. The van der Waals surface area contributed by atoms with Crippen LogP contribution in [0.1, 0.15) is 96.1 Å². The van der Waals surface area contributed by atoms with Gasteiger partial charge in [-0.05, 0) is 91.6 Å². The number of carbonyl (C=O) groups excluding carboxylic acids is 1. The van der Waals surface area contributed by atoms with Gasteiger partial charge < -0.3 is 4.74 Å². The Morgan fingerprint density at radius 2 is 1.48 bits per heavy atom. The molecule has 0 bridgehead atoms. The molecule has 0 saturated heterocycles. The molecule has 0 spiro atoms. The summed E-state index contributed by atoms with van der Waals surface area (Å²) in [5, 5.41) is 0. The van der Waals surface area contributed by atoms with Crippen molar-refractivity contribution >= 4 is 5.97 Å². The van der Waals surface area contributed by atoms with E-state index < -0.39 is 17.0 Å². The summed E-state index contributed by atoms with van der Waals surface area (Å²) in [4.78, 5) is 11.0. The van der Waals surface area contributed by atoms with Crippen LogP contribution in [0.2, 0.25) is 0 Å². The van der Waals surface area contributed by atoms with Crippen molar-refractivity contribution in [1.29, 1.82) is 0 Å². The number of hydrogen-bond acceptors (Lipinski definition) is 2. The van der Waals surface area contributed by atoms with E-state index in [1.165, 1.54) is 19.8 Å². The Balaban J connectivity index is 1.54. The normalized spacial score (nSPS) is 28.2. The van der Waals surface area contributed by atoms with Crippen LogP contribution < -0.4 is 0 Å². The molecule has 2 fully saturated rings. The molecule has 0 aromatic heterocycles. The van der Waals surface area contributed by atoms with E-state index in [-0.39, 0.29) is 11.9 Å². The summed E-state index contributed by atoms with van der Waals surface area (Å²) in [5.74, 6) is 0.580. The Kier molecular flexibility index (Phi) is 7.01. The fourth-order valence-corrected chi connectivity index (χ4v) is 5.42. The second kappa shape index (κ2) is 9.14. The van der Waals surface area contributed by atoms with E-state index in [4.69, 9.17) is 4.74 Å². The minimum Gasteiger partial charge on any atom is -0.466 e. The second-order valence-corrected chi connectivity index (χ2v) is 10.3. The van der Waals surface area contributed by atoms with Crippen molar-refractivity contribution in [2.24, 2.45) is 17.8 Å². The molecule has 162 valence electrons. The Labute approximate surface area is 174 Å². The van der Waals surface area contributed by atoms with Crippen LogP contribution in [-0.4, -0.2) is 12.6 Å². The zero-order chi connectivity index (χ0) is 21.2. The van der Waals surface area contributed by atoms with Gasteiger partial charge in [0.2, 0.25) is 0 Å². The molecule has 2 saturated carbocycles. The van der Waals surface area contributed by atoms with Gasteiger partial charge in [-0.15, -0.1) is 0 Å². The number of carbonyl (C=O) groups is 1. The summed E-state index contributed by atoms with van der Waals surface area (Å²) in [6.45, 7) is 7.77. The molecular weight excluding hydrogens is 370 g/mol. The zero-order valence-electron chi connectivity index (χ0n) is 18.4. The van der Waals surface area contributed by atoms with Crippen molar-refractivity contribution < 1.29 is 18.3 Å². The van der Waals surface area contributed by atoms with Crippen LogP contribution >= 0.6 is 0 Å². The molecule has 4 heteroatoms. The molecule has 0 aliphatic heterocycles. The lowest BCUT2D eigenvalue weighted by Crippen LogP contribution is -2.27. The SMILES string of the molecule is CC(=O)OCC1CCC(C2CCC(c3ccc(C(C)(C)C)c(F)c3F)CC2)CC1. The van der Waals surface area contributed by atoms with E-state index in [1.54, 1.807) is 6.07 Å². The number of benzene rings is 1. The smallest absolute Gasteiger partial charge is 0.302 e. The van der Waals surface area contributed by atoms with E-state index in [1.807, 2.05) is 26.8 Å². The minimum absolute atomic E-state index is 0.134. The van der Waals surface area contributed by atoms with Crippen molar-refractivity contribution in [3.05, 3.63) is 34.9 Å². The van der Waals surface area contributed by atoms with E-state index >= 15 is 0 Å². The highest BCUT2D eigenvalue weighted by Gasteiger charge is 2.33. The Bertz CT molecular complexity index is 706. The van der Waals surface area contributed by atoms with Crippen LogP contribution in [0.5, 0.6) is 0 Å². The third kappa shape index (κ3) is 5.38. The Morgan fingerprint density at radius 3 is 2.00 bits per heavy atom. The number of rotatable bonds is 4. The molecule has 1 aromatic carbocycles. The molecule has 0 atom stereocenters. The van der Waals surface area contributed by atoms with Gasteiger partial charge >= 0.3 is 5.97 Å². The van der Waals surface area contributed by atoms with Crippen molar-refractivity contribution in [3.8, 4) is 0 Å². The summed E-state index contributed by atoms with van der Waals surface area (Å²) in [6, 6.07) is 3.61. The van der Waals surface area contributed by atoms with Crippen LogP contribution in [0.25, 0.3) is 0 Å². The van der Waals surface area contributed by atoms with E-state index in [0.29, 0.717) is 29.6 Å². The first kappa shape index (κ1) is 22.2. The molecule has 0 N–H and O–H groups in total. The lowest BCUT2D eigenvalue weighted by molar-refractivity contribution is -0.142. The van der Waals surface area contributed by atoms with E-state index in [2.05, 4.69) is 0 Å². The molecule has 0 heterocycles. The maximum Gasteiger partial charge on any atom is 0.302 e. The quantitative estimate of drug-likeness (QED) is 0.508. The molecule has 1 aromatic rings. The van der Waals surface area contributed by atoms with Crippen molar-refractivity contribution in [3.63, 3.8) is 0 Å². The number of ether oxygens (including phenoxy) is 1. The number of halogens is 2. The third-order valence-corrected chi connectivity index (χ3v) is 7.21. The van der Waals surface area contributed by atoms with Gasteiger partial charge in [0.15, 0.2) is 11.6 Å². The van der Waals surface area contributed by atoms with Gasteiger partial charge in [-0.25, -0.2) is 8.78 Å². The van der Waals surface area contributed by atoms with Crippen molar-refractivity contribution in [1.82, 2.24) is 0 Å². The predicted molar refractivity (Wildman–Crippen MR) is 112 cm³/mol. The lowest BCUT2D eigenvalue weighted by atomic mass is 9.68. The van der Waals surface area contributed by atoms with Gasteiger partial charge in [-0.2, -0.15) is 0 Å². The molecular formula is C25H36F2O2. The standard InChI is InChI=1S/C25H36F2O2/c1-16(28)29-15-17-5-7-18(8-6-17)19-9-11-20(12-10-19)21-13-14-22(25(2,3)4)24(27)23(21)26/h13-14,17-20H,5-12,15H2,1-4H3. The highest BCUT2D eigenvalue weighted by Crippen LogP contribution is 2.45. The van der Waals surface area contributed by atoms with Crippen molar-refractivity contribution in [2.45, 2.75) is 90.4 Å². The Morgan fingerprint density at radius 1 is 0.931 bits per heavy atom. The zero-order valence-corrected chi connectivity index (χ0v) is 18.4. The van der Waals surface area contributed by atoms with E-state index in [0.717, 1.165) is 44.4 Å². The molecule has 3 rings (SSSR count). The fourth-order valence-electron chi connectivity index (χ4n) is 5.42. The predicted octanol–water partition coefficient (Wildman–Crippen LogP) is 6.91. The first-order chi connectivity index (χ1) is 13.7. The van der Waals surface area contributed by atoms with Gasteiger partial charge in [0.05, 0.1) is 6.61 Å².